The quantitative estimate of drug-likeness (QED) is 0.684. The van der Waals surface area contributed by atoms with E-state index >= 15 is 0 Å². The van der Waals surface area contributed by atoms with Gasteiger partial charge in [-0.05, 0) is 19.9 Å². The number of carbonyl (C=O) groups is 1. The lowest BCUT2D eigenvalue weighted by molar-refractivity contribution is -0.384. The van der Waals surface area contributed by atoms with Crippen LogP contribution in [0.4, 0.5) is 11.5 Å². The minimum Gasteiger partial charge on any atom is -0.307 e. The summed E-state index contributed by atoms with van der Waals surface area (Å²) < 4.78 is 1.66. The molecule has 20 heavy (non-hydrogen) atoms. The molecule has 1 aromatic heterocycles. The Kier molecular flexibility index (Phi) is 3.79. The van der Waals surface area contributed by atoms with Crippen LogP contribution < -0.4 is 5.32 Å². The van der Waals surface area contributed by atoms with E-state index in [1.165, 1.54) is 24.3 Å². The zero-order valence-electron chi connectivity index (χ0n) is 11.2. The lowest BCUT2D eigenvalue weighted by atomic mass is 10.2. The SMILES string of the molecule is CCn1nc(C)cc1NC(=O)c1cccc([N+](=O)[O-])c1. The van der Waals surface area contributed by atoms with Gasteiger partial charge in [0.15, 0.2) is 0 Å². The van der Waals surface area contributed by atoms with Gasteiger partial charge in [0.1, 0.15) is 5.82 Å². The van der Waals surface area contributed by atoms with Gasteiger partial charge in [-0.2, -0.15) is 5.10 Å². The smallest absolute Gasteiger partial charge is 0.270 e. The highest BCUT2D eigenvalue weighted by atomic mass is 16.6. The maximum absolute atomic E-state index is 12.1. The van der Waals surface area contributed by atoms with E-state index < -0.39 is 10.8 Å². The van der Waals surface area contributed by atoms with Crippen LogP contribution in [0.3, 0.4) is 0 Å². The lowest BCUT2D eigenvalue weighted by Gasteiger charge is -2.06. The molecule has 2 aromatic rings. The predicted molar refractivity (Wildman–Crippen MR) is 73.7 cm³/mol. The molecule has 0 atom stereocenters. The number of nitrogens with zero attached hydrogens (tertiary/aromatic N) is 3. The third-order valence-corrected chi connectivity index (χ3v) is 2.76. The Balaban J connectivity index is 2.23. The molecule has 1 N–H and O–H groups in total. The number of nitro groups is 1. The van der Waals surface area contributed by atoms with Gasteiger partial charge in [-0.1, -0.05) is 6.07 Å². The first-order valence-electron chi connectivity index (χ1n) is 6.11. The first-order chi connectivity index (χ1) is 9.51. The van der Waals surface area contributed by atoms with E-state index in [2.05, 4.69) is 10.4 Å². The van der Waals surface area contributed by atoms with Gasteiger partial charge in [0, 0.05) is 30.3 Å². The predicted octanol–water partition coefficient (Wildman–Crippen LogP) is 2.37. The molecule has 0 radical (unpaired) electrons. The van der Waals surface area contributed by atoms with Crippen molar-refractivity contribution >= 4 is 17.4 Å². The topological polar surface area (TPSA) is 90.1 Å². The normalized spacial score (nSPS) is 10.3. The van der Waals surface area contributed by atoms with E-state index in [1.807, 2.05) is 13.8 Å². The molecule has 7 nitrogen and oxygen atoms in total. The van der Waals surface area contributed by atoms with Crippen molar-refractivity contribution in [3.8, 4) is 0 Å². The Morgan fingerprint density at radius 1 is 1.45 bits per heavy atom. The van der Waals surface area contributed by atoms with Gasteiger partial charge < -0.3 is 5.32 Å². The second-order valence-corrected chi connectivity index (χ2v) is 4.25. The van der Waals surface area contributed by atoms with Crippen molar-refractivity contribution in [2.24, 2.45) is 0 Å². The Morgan fingerprint density at radius 2 is 2.20 bits per heavy atom. The molecule has 1 aromatic carbocycles. The molecule has 0 spiro atoms. The molecule has 7 heteroatoms. The van der Waals surface area contributed by atoms with Crippen LogP contribution in [0.25, 0.3) is 0 Å². The maximum atomic E-state index is 12.1. The molecule has 0 aliphatic carbocycles. The number of nitro benzene ring substituents is 1. The van der Waals surface area contributed by atoms with Gasteiger partial charge in [-0.3, -0.25) is 14.9 Å². The van der Waals surface area contributed by atoms with Crippen molar-refractivity contribution in [2.45, 2.75) is 20.4 Å². The van der Waals surface area contributed by atoms with E-state index in [4.69, 9.17) is 0 Å². The summed E-state index contributed by atoms with van der Waals surface area (Å²) in [5.74, 6) is 0.171. The van der Waals surface area contributed by atoms with E-state index in [9.17, 15) is 14.9 Å². The molecule has 1 amide bonds. The first-order valence-corrected chi connectivity index (χ1v) is 6.11. The lowest BCUT2D eigenvalue weighted by Crippen LogP contribution is -2.15. The van der Waals surface area contributed by atoms with Crippen molar-refractivity contribution in [2.75, 3.05) is 5.32 Å². The maximum Gasteiger partial charge on any atom is 0.270 e. The Morgan fingerprint density at radius 3 is 2.85 bits per heavy atom. The number of hydrogen-bond donors (Lipinski definition) is 1. The Hall–Kier alpha value is -2.70. The number of hydrogen-bond acceptors (Lipinski definition) is 4. The molecule has 0 fully saturated rings. The molecular weight excluding hydrogens is 260 g/mol. The minimum absolute atomic E-state index is 0.113. The van der Waals surface area contributed by atoms with Crippen LogP contribution >= 0.6 is 0 Å². The first kappa shape index (κ1) is 13.7. The van der Waals surface area contributed by atoms with Gasteiger partial charge in [0.25, 0.3) is 11.6 Å². The van der Waals surface area contributed by atoms with E-state index in [0.29, 0.717) is 12.4 Å². The number of carbonyl (C=O) groups excluding carboxylic acids is 1. The average Bonchev–Trinajstić information content (AvgIpc) is 2.78. The van der Waals surface area contributed by atoms with Crippen LogP contribution in [0.1, 0.15) is 23.0 Å². The van der Waals surface area contributed by atoms with Crippen LogP contribution in [0.5, 0.6) is 0 Å². The molecule has 0 saturated heterocycles. The Labute approximate surface area is 115 Å². The van der Waals surface area contributed by atoms with Gasteiger partial charge in [-0.25, -0.2) is 4.68 Å². The minimum atomic E-state index is -0.531. The number of amides is 1. The van der Waals surface area contributed by atoms with E-state index in [0.717, 1.165) is 5.69 Å². The third kappa shape index (κ3) is 2.82. The van der Waals surface area contributed by atoms with Gasteiger partial charge in [-0.15, -0.1) is 0 Å². The van der Waals surface area contributed by atoms with Crippen molar-refractivity contribution in [1.82, 2.24) is 9.78 Å². The average molecular weight is 274 g/mol. The zero-order chi connectivity index (χ0) is 14.7. The highest BCUT2D eigenvalue weighted by Gasteiger charge is 2.13. The molecular formula is C13H14N4O3. The van der Waals surface area contributed by atoms with Gasteiger partial charge >= 0.3 is 0 Å². The monoisotopic (exact) mass is 274 g/mol. The fourth-order valence-corrected chi connectivity index (χ4v) is 1.84. The summed E-state index contributed by atoms with van der Waals surface area (Å²) in [7, 11) is 0. The fourth-order valence-electron chi connectivity index (χ4n) is 1.84. The number of non-ortho nitro benzene ring substituents is 1. The summed E-state index contributed by atoms with van der Waals surface area (Å²) in [5, 5.41) is 17.6. The van der Waals surface area contributed by atoms with Crippen LogP contribution in [-0.2, 0) is 6.54 Å². The van der Waals surface area contributed by atoms with Gasteiger partial charge in [0.05, 0.1) is 10.6 Å². The molecule has 2 rings (SSSR count). The van der Waals surface area contributed by atoms with Crippen LogP contribution in [-0.4, -0.2) is 20.6 Å². The summed E-state index contributed by atoms with van der Waals surface area (Å²) in [5.41, 5.74) is 0.916. The molecule has 1 heterocycles. The fraction of sp³-hybridized carbons (Fsp3) is 0.231. The number of benzene rings is 1. The standard InChI is InChI=1S/C13H14N4O3/c1-3-16-12(7-9(2)15-16)14-13(18)10-5-4-6-11(8-10)17(19)20/h4-8H,3H2,1-2H3,(H,14,18). The van der Waals surface area contributed by atoms with Crippen LogP contribution in [0, 0.1) is 17.0 Å². The van der Waals surface area contributed by atoms with Crippen LogP contribution in [0.15, 0.2) is 30.3 Å². The second-order valence-electron chi connectivity index (χ2n) is 4.25. The summed E-state index contributed by atoms with van der Waals surface area (Å²) in [6, 6.07) is 7.35. The summed E-state index contributed by atoms with van der Waals surface area (Å²) in [6.45, 7) is 4.36. The summed E-state index contributed by atoms with van der Waals surface area (Å²) in [4.78, 5) is 22.3. The Bertz CT molecular complexity index is 663. The van der Waals surface area contributed by atoms with Crippen molar-refractivity contribution in [3.05, 3.63) is 51.7 Å². The number of anilines is 1. The number of rotatable bonds is 4. The molecule has 0 saturated carbocycles. The third-order valence-electron chi connectivity index (χ3n) is 2.76. The molecule has 0 aliphatic heterocycles. The number of nitrogens with one attached hydrogen (secondary N) is 1. The van der Waals surface area contributed by atoms with E-state index in [-0.39, 0.29) is 11.3 Å². The number of aryl methyl sites for hydroxylation is 2. The van der Waals surface area contributed by atoms with Gasteiger partial charge in [0.2, 0.25) is 0 Å². The van der Waals surface area contributed by atoms with Crippen molar-refractivity contribution in [1.29, 1.82) is 0 Å². The molecule has 0 unspecified atom stereocenters. The van der Waals surface area contributed by atoms with Crippen molar-refractivity contribution < 1.29 is 9.72 Å². The molecule has 0 aliphatic rings. The van der Waals surface area contributed by atoms with Crippen molar-refractivity contribution in [3.63, 3.8) is 0 Å². The van der Waals surface area contributed by atoms with Crippen LogP contribution in [0.2, 0.25) is 0 Å². The second kappa shape index (κ2) is 5.52. The highest BCUT2D eigenvalue weighted by Crippen LogP contribution is 2.16. The summed E-state index contributed by atoms with van der Waals surface area (Å²) in [6.07, 6.45) is 0. The largest absolute Gasteiger partial charge is 0.307 e. The molecule has 0 bridgehead atoms. The molecule has 104 valence electrons. The zero-order valence-corrected chi connectivity index (χ0v) is 11.2. The van der Waals surface area contributed by atoms with E-state index in [1.54, 1.807) is 10.7 Å². The number of aromatic nitrogens is 2. The highest BCUT2D eigenvalue weighted by molar-refractivity contribution is 6.04. The summed E-state index contributed by atoms with van der Waals surface area (Å²) >= 11 is 0.